The molecule has 0 aliphatic carbocycles. The van der Waals surface area contributed by atoms with E-state index in [2.05, 4.69) is 25.6 Å². The Morgan fingerprint density at radius 3 is 2.75 bits per heavy atom. The van der Waals surface area contributed by atoms with Gasteiger partial charge in [0.05, 0.1) is 12.2 Å². The molecule has 0 unspecified atom stereocenters. The van der Waals surface area contributed by atoms with E-state index in [1.807, 2.05) is 0 Å². The molecule has 0 aliphatic rings. The molecular weight excluding hydrogens is 349 g/mol. The lowest BCUT2D eigenvalue weighted by Crippen LogP contribution is -2.24. The topological polar surface area (TPSA) is 85.1 Å². The number of halogens is 2. The van der Waals surface area contributed by atoms with Gasteiger partial charge in [-0.3, -0.25) is 4.98 Å². The minimum atomic E-state index is -3.99. The van der Waals surface area contributed by atoms with Gasteiger partial charge in [0.15, 0.2) is 0 Å². The fourth-order valence-corrected chi connectivity index (χ4v) is 2.91. The summed E-state index contributed by atoms with van der Waals surface area (Å²) in [6.45, 7) is -0.0292. The van der Waals surface area contributed by atoms with Crippen LogP contribution in [0.25, 0.3) is 0 Å². The molecule has 8 heteroatoms. The van der Waals surface area contributed by atoms with Crippen LogP contribution in [0.2, 0.25) is 0 Å². The Balaban J connectivity index is 2.25. The molecule has 3 N–H and O–H groups in total. The molecule has 0 spiro atoms. The fraction of sp³-hybridized carbons (Fsp3) is 0.0833. The number of anilines is 1. The largest absolute Gasteiger partial charge is 0.398 e. The Morgan fingerprint density at radius 1 is 1.35 bits per heavy atom. The summed E-state index contributed by atoms with van der Waals surface area (Å²) in [5, 5.41) is 0. The van der Waals surface area contributed by atoms with E-state index in [1.54, 1.807) is 24.4 Å². The maximum Gasteiger partial charge on any atom is 0.243 e. The number of benzene rings is 1. The molecule has 0 amide bonds. The summed E-state index contributed by atoms with van der Waals surface area (Å²) >= 11 is 3.03. The molecule has 5 nitrogen and oxygen atoms in total. The molecule has 106 valence electrons. The van der Waals surface area contributed by atoms with Gasteiger partial charge in [0, 0.05) is 16.4 Å². The summed E-state index contributed by atoms with van der Waals surface area (Å²) in [7, 11) is -3.99. The first-order valence-corrected chi connectivity index (χ1v) is 7.82. The van der Waals surface area contributed by atoms with Crippen molar-refractivity contribution >= 4 is 31.6 Å². The van der Waals surface area contributed by atoms with Crippen LogP contribution < -0.4 is 10.5 Å². The summed E-state index contributed by atoms with van der Waals surface area (Å²) in [6.07, 6.45) is 1.54. The molecule has 0 saturated carbocycles. The minimum absolute atomic E-state index is 0.0292. The Bertz CT molecular complexity index is 723. The van der Waals surface area contributed by atoms with Gasteiger partial charge in [-0.25, -0.2) is 17.5 Å². The predicted octanol–water partition coefficient (Wildman–Crippen LogP) is 2.04. The average Bonchev–Trinajstić information content (AvgIpc) is 2.42. The third-order valence-corrected chi connectivity index (χ3v) is 4.61. The van der Waals surface area contributed by atoms with Crippen molar-refractivity contribution in [3.05, 3.63) is 52.5 Å². The SMILES string of the molecule is Nc1cc(S(=O)(=O)NCc2ccccn2)c(F)cc1Br. The molecule has 1 aromatic carbocycles. The molecule has 0 radical (unpaired) electrons. The van der Waals surface area contributed by atoms with Crippen LogP contribution in [0.5, 0.6) is 0 Å². The number of hydrogen-bond acceptors (Lipinski definition) is 4. The molecule has 2 rings (SSSR count). The quantitative estimate of drug-likeness (QED) is 0.818. The number of rotatable bonds is 4. The van der Waals surface area contributed by atoms with Crippen molar-refractivity contribution in [1.82, 2.24) is 9.71 Å². The van der Waals surface area contributed by atoms with Crippen LogP contribution >= 0.6 is 15.9 Å². The van der Waals surface area contributed by atoms with E-state index in [9.17, 15) is 12.8 Å². The van der Waals surface area contributed by atoms with Crippen molar-refractivity contribution in [2.75, 3.05) is 5.73 Å². The van der Waals surface area contributed by atoms with Crippen LogP contribution in [0.3, 0.4) is 0 Å². The maximum absolute atomic E-state index is 13.7. The van der Waals surface area contributed by atoms with Gasteiger partial charge in [0.1, 0.15) is 10.7 Å². The Kier molecular flexibility index (Phi) is 4.36. The number of sulfonamides is 1. The normalized spacial score (nSPS) is 11.5. The molecule has 20 heavy (non-hydrogen) atoms. The first kappa shape index (κ1) is 14.9. The second kappa shape index (κ2) is 5.86. The van der Waals surface area contributed by atoms with Gasteiger partial charge in [-0.05, 0) is 40.2 Å². The number of pyridine rings is 1. The summed E-state index contributed by atoms with van der Waals surface area (Å²) in [5.74, 6) is -0.875. The van der Waals surface area contributed by atoms with E-state index >= 15 is 0 Å². The molecule has 1 aromatic heterocycles. The van der Waals surface area contributed by atoms with Gasteiger partial charge >= 0.3 is 0 Å². The summed E-state index contributed by atoms with van der Waals surface area (Å²) in [4.78, 5) is 3.49. The van der Waals surface area contributed by atoms with Crippen LogP contribution in [0, 0.1) is 5.82 Å². The molecule has 1 heterocycles. The van der Waals surface area contributed by atoms with Gasteiger partial charge in [0.2, 0.25) is 10.0 Å². The third kappa shape index (κ3) is 3.33. The highest BCUT2D eigenvalue weighted by Crippen LogP contribution is 2.26. The Morgan fingerprint density at radius 2 is 2.10 bits per heavy atom. The number of nitrogens with one attached hydrogen (secondary N) is 1. The third-order valence-electron chi connectivity index (χ3n) is 2.51. The van der Waals surface area contributed by atoms with E-state index in [-0.39, 0.29) is 12.2 Å². The molecule has 0 saturated heterocycles. The predicted molar refractivity (Wildman–Crippen MR) is 76.8 cm³/mol. The van der Waals surface area contributed by atoms with Crippen molar-refractivity contribution < 1.29 is 12.8 Å². The van der Waals surface area contributed by atoms with Gasteiger partial charge in [-0.1, -0.05) is 6.07 Å². The lowest BCUT2D eigenvalue weighted by atomic mass is 10.3. The first-order chi connectivity index (χ1) is 9.40. The van der Waals surface area contributed by atoms with Crippen molar-refractivity contribution in [2.24, 2.45) is 0 Å². The second-order valence-electron chi connectivity index (χ2n) is 3.95. The van der Waals surface area contributed by atoms with Gasteiger partial charge in [0.25, 0.3) is 0 Å². The van der Waals surface area contributed by atoms with Crippen LogP contribution in [0.1, 0.15) is 5.69 Å². The van der Waals surface area contributed by atoms with Crippen molar-refractivity contribution in [3.8, 4) is 0 Å². The van der Waals surface area contributed by atoms with Crippen LogP contribution in [-0.2, 0) is 16.6 Å². The van der Waals surface area contributed by atoms with Gasteiger partial charge < -0.3 is 5.73 Å². The lowest BCUT2D eigenvalue weighted by Gasteiger charge is -2.09. The zero-order chi connectivity index (χ0) is 14.8. The second-order valence-corrected chi connectivity index (χ2v) is 6.54. The Hall–Kier alpha value is -1.51. The van der Waals surface area contributed by atoms with E-state index in [0.29, 0.717) is 10.2 Å². The monoisotopic (exact) mass is 359 g/mol. The zero-order valence-corrected chi connectivity index (χ0v) is 12.6. The van der Waals surface area contributed by atoms with Crippen LogP contribution in [0.4, 0.5) is 10.1 Å². The molecule has 0 bridgehead atoms. The molecular formula is C12H11BrFN3O2S. The minimum Gasteiger partial charge on any atom is -0.398 e. The zero-order valence-electron chi connectivity index (χ0n) is 10.2. The van der Waals surface area contributed by atoms with Crippen molar-refractivity contribution in [3.63, 3.8) is 0 Å². The van der Waals surface area contributed by atoms with Gasteiger partial charge in [-0.15, -0.1) is 0 Å². The summed E-state index contributed by atoms with van der Waals surface area (Å²) in [5.41, 5.74) is 6.25. The number of hydrogen-bond donors (Lipinski definition) is 2. The molecule has 0 fully saturated rings. The van der Waals surface area contributed by atoms with E-state index in [1.165, 1.54) is 0 Å². The standard InChI is InChI=1S/C12H11BrFN3O2S/c13-9-5-10(14)12(6-11(9)15)20(18,19)17-7-8-3-1-2-4-16-8/h1-6,17H,7,15H2. The highest BCUT2D eigenvalue weighted by Gasteiger charge is 2.20. The number of nitrogens with two attached hydrogens (primary N) is 1. The van der Waals surface area contributed by atoms with E-state index in [0.717, 1.165) is 12.1 Å². The summed E-state index contributed by atoms with van der Waals surface area (Å²) < 4.78 is 40.4. The van der Waals surface area contributed by atoms with Crippen molar-refractivity contribution in [2.45, 2.75) is 11.4 Å². The fourth-order valence-electron chi connectivity index (χ4n) is 1.50. The highest BCUT2D eigenvalue weighted by molar-refractivity contribution is 9.10. The van der Waals surface area contributed by atoms with Crippen LogP contribution in [-0.4, -0.2) is 13.4 Å². The summed E-state index contributed by atoms with van der Waals surface area (Å²) in [6, 6.07) is 7.20. The lowest BCUT2D eigenvalue weighted by molar-refractivity contribution is 0.556. The Labute approximate surface area is 124 Å². The maximum atomic E-state index is 13.7. The molecule has 0 atom stereocenters. The average molecular weight is 360 g/mol. The van der Waals surface area contributed by atoms with Crippen molar-refractivity contribution in [1.29, 1.82) is 0 Å². The molecule has 0 aliphatic heterocycles. The first-order valence-electron chi connectivity index (χ1n) is 5.54. The van der Waals surface area contributed by atoms with E-state index in [4.69, 9.17) is 5.73 Å². The van der Waals surface area contributed by atoms with Gasteiger partial charge in [-0.2, -0.15) is 0 Å². The molecule has 2 aromatic rings. The van der Waals surface area contributed by atoms with Crippen LogP contribution in [0.15, 0.2) is 45.9 Å². The number of nitrogens with zero attached hydrogens (tertiary/aromatic N) is 1. The number of nitrogen functional groups attached to an aromatic ring is 1. The number of aromatic nitrogens is 1. The highest BCUT2D eigenvalue weighted by atomic mass is 79.9. The van der Waals surface area contributed by atoms with E-state index < -0.39 is 20.7 Å². The smallest absolute Gasteiger partial charge is 0.243 e.